The van der Waals surface area contributed by atoms with Gasteiger partial charge in [0, 0.05) is 24.6 Å². The molecule has 0 radical (unpaired) electrons. The molecular formula is C20H22N4O4S. The first-order valence-electron chi connectivity index (χ1n) is 8.83. The van der Waals surface area contributed by atoms with Crippen LogP contribution in [0.1, 0.15) is 5.56 Å². The zero-order valence-corrected chi connectivity index (χ0v) is 17.0. The third-order valence-electron chi connectivity index (χ3n) is 4.27. The molecule has 3 rings (SSSR count). The van der Waals surface area contributed by atoms with E-state index in [1.165, 1.54) is 7.11 Å². The minimum Gasteiger partial charge on any atom is -0.495 e. The van der Waals surface area contributed by atoms with E-state index >= 15 is 0 Å². The number of ether oxygens (including phenoxy) is 1. The SMILES string of the molecule is COc1ccccc1N(CC(=O)NCc1ccc(-n2ccnc2)cc1)S(C)(=O)=O. The highest BCUT2D eigenvalue weighted by atomic mass is 32.2. The van der Waals surface area contributed by atoms with Gasteiger partial charge in [-0.1, -0.05) is 24.3 Å². The molecule has 1 aromatic heterocycles. The van der Waals surface area contributed by atoms with Crippen molar-refractivity contribution in [3.63, 3.8) is 0 Å². The van der Waals surface area contributed by atoms with E-state index in [0.717, 1.165) is 21.8 Å². The van der Waals surface area contributed by atoms with E-state index in [9.17, 15) is 13.2 Å². The lowest BCUT2D eigenvalue weighted by Gasteiger charge is -2.23. The van der Waals surface area contributed by atoms with Crippen LogP contribution in [0.3, 0.4) is 0 Å². The summed E-state index contributed by atoms with van der Waals surface area (Å²) < 4.78 is 32.6. The van der Waals surface area contributed by atoms with E-state index in [1.54, 1.807) is 36.8 Å². The molecule has 1 amide bonds. The summed E-state index contributed by atoms with van der Waals surface area (Å²) in [5, 5.41) is 2.76. The maximum Gasteiger partial charge on any atom is 0.241 e. The summed E-state index contributed by atoms with van der Waals surface area (Å²) in [5.41, 5.74) is 2.17. The van der Waals surface area contributed by atoms with Crippen LogP contribution < -0.4 is 14.4 Å². The van der Waals surface area contributed by atoms with Gasteiger partial charge < -0.3 is 14.6 Å². The van der Waals surface area contributed by atoms with Crippen LogP contribution in [0.4, 0.5) is 5.69 Å². The number of amides is 1. The first-order chi connectivity index (χ1) is 13.9. The fourth-order valence-corrected chi connectivity index (χ4v) is 3.66. The zero-order valence-electron chi connectivity index (χ0n) is 16.1. The summed E-state index contributed by atoms with van der Waals surface area (Å²) >= 11 is 0. The van der Waals surface area contributed by atoms with Crippen molar-refractivity contribution < 1.29 is 17.9 Å². The Kier molecular flexibility index (Phi) is 6.18. The molecule has 1 N–H and O–H groups in total. The van der Waals surface area contributed by atoms with Crippen LogP contribution in [0.5, 0.6) is 5.75 Å². The average molecular weight is 414 g/mol. The largest absolute Gasteiger partial charge is 0.495 e. The van der Waals surface area contributed by atoms with Crippen molar-refractivity contribution in [1.82, 2.24) is 14.9 Å². The number of methoxy groups -OCH3 is 1. The lowest BCUT2D eigenvalue weighted by atomic mass is 10.2. The summed E-state index contributed by atoms with van der Waals surface area (Å²) in [6, 6.07) is 14.3. The molecule has 0 spiro atoms. The van der Waals surface area contributed by atoms with Crippen molar-refractivity contribution in [1.29, 1.82) is 0 Å². The standard InChI is InChI=1S/C20H22N4O4S/c1-28-19-6-4-3-5-18(19)24(29(2,26)27)14-20(25)22-13-16-7-9-17(10-8-16)23-12-11-21-15-23/h3-12,15H,13-14H2,1-2H3,(H,22,25). The van der Waals surface area contributed by atoms with E-state index in [0.29, 0.717) is 11.4 Å². The van der Waals surface area contributed by atoms with Gasteiger partial charge in [-0.3, -0.25) is 9.10 Å². The maximum absolute atomic E-state index is 12.4. The smallest absolute Gasteiger partial charge is 0.241 e. The normalized spacial score (nSPS) is 11.1. The summed E-state index contributed by atoms with van der Waals surface area (Å²) in [6.07, 6.45) is 6.30. The van der Waals surface area contributed by atoms with Crippen molar-refractivity contribution in [2.45, 2.75) is 6.54 Å². The Morgan fingerprint density at radius 2 is 1.90 bits per heavy atom. The van der Waals surface area contributed by atoms with Crippen molar-refractivity contribution >= 4 is 21.6 Å². The number of hydrogen-bond donors (Lipinski definition) is 1. The Balaban J connectivity index is 1.66. The molecule has 0 aliphatic heterocycles. The van der Waals surface area contributed by atoms with Crippen LogP contribution in [0.2, 0.25) is 0 Å². The molecule has 0 unspecified atom stereocenters. The molecule has 0 atom stereocenters. The number of hydrogen-bond acceptors (Lipinski definition) is 5. The molecule has 0 aliphatic carbocycles. The highest BCUT2D eigenvalue weighted by Crippen LogP contribution is 2.29. The average Bonchev–Trinajstić information content (AvgIpc) is 3.25. The predicted octanol–water partition coefficient (Wildman–Crippen LogP) is 1.96. The summed E-state index contributed by atoms with van der Waals surface area (Å²) in [6.45, 7) is -0.0567. The number of para-hydroxylation sites is 2. The second-order valence-corrected chi connectivity index (χ2v) is 8.26. The topological polar surface area (TPSA) is 93.5 Å². The van der Waals surface area contributed by atoms with Gasteiger partial charge in [-0.05, 0) is 29.8 Å². The van der Waals surface area contributed by atoms with Gasteiger partial charge in [-0.25, -0.2) is 13.4 Å². The van der Waals surface area contributed by atoms with Crippen molar-refractivity contribution in [2.75, 3.05) is 24.2 Å². The van der Waals surface area contributed by atoms with Crippen LogP contribution in [0.25, 0.3) is 5.69 Å². The van der Waals surface area contributed by atoms with E-state index in [4.69, 9.17) is 4.74 Å². The van der Waals surface area contributed by atoms with Crippen molar-refractivity contribution in [2.24, 2.45) is 0 Å². The van der Waals surface area contributed by atoms with Crippen molar-refractivity contribution in [3.8, 4) is 11.4 Å². The maximum atomic E-state index is 12.4. The Hall–Kier alpha value is -3.33. The van der Waals surface area contributed by atoms with Crippen LogP contribution in [0, 0.1) is 0 Å². The molecule has 0 saturated heterocycles. The molecule has 0 fully saturated rings. The van der Waals surface area contributed by atoms with Crippen LogP contribution >= 0.6 is 0 Å². The molecule has 29 heavy (non-hydrogen) atoms. The van der Waals surface area contributed by atoms with Crippen LogP contribution in [-0.4, -0.2) is 43.8 Å². The number of nitrogens with zero attached hydrogens (tertiary/aromatic N) is 3. The Morgan fingerprint density at radius 1 is 1.17 bits per heavy atom. The molecular weight excluding hydrogens is 392 g/mol. The second kappa shape index (κ2) is 8.78. The Labute approximate surface area is 169 Å². The highest BCUT2D eigenvalue weighted by molar-refractivity contribution is 7.92. The van der Waals surface area contributed by atoms with Gasteiger partial charge in [0.25, 0.3) is 0 Å². The molecule has 2 aromatic carbocycles. The lowest BCUT2D eigenvalue weighted by molar-refractivity contribution is -0.119. The van der Waals surface area contributed by atoms with Gasteiger partial charge in [-0.2, -0.15) is 0 Å². The summed E-state index contributed by atoms with van der Waals surface area (Å²) in [5.74, 6) is -0.0409. The minimum absolute atomic E-state index is 0.284. The van der Waals surface area contributed by atoms with E-state index in [2.05, 4.69) is 10.3 Å². The molecule has 0 aliphatic rings. The third-order valence-corrected chi connectivity index (χ3v) is 5.40. The zero-order chi connectivity index (χ0) is 20.9. The van der Waals surface area contributed by atoms with Gasteiger partial charge in [-0.15, -0.1) is 0 Å². The van der Waals surface area contributed by atoms with Gasteiger partial charge >= 0.3 is 0 Å². The molecule has 3 aromatic rings. The number of sulfonamides is 1. The van der Waals surface area contributed by atoms with Crippen LogP contribution in [0.15, 0.2) is 67.3 Å². The first kappa shape index (κ1) is 20.4. The number of benzene rings is 2. The van der Waals surface area contributed by atoms with Crippen LogP contribution in [-0.2, 0) is 21.4 Å². The third kappa shape index (κ3) is 5.14. The Bertz CT molecular complexity index is 1060. The minimum atomic E-state index is -3.68. The molecule has 0 bridgehead atoms. The predicted molar refractivity (Wildman–Crippen MR) is 111 cm³/mol. The van der Waals surface area contributed by atoms with Gasteiger partial charge in [0.15, 0.2) is 0 Å². The highest BCUT2D eigenvalue weighted by Gasteiger charge is 2.23. The lowest BCUT2D eigenvalue weighted by Crippen LogP contribution is -2.40. The summed E-state index contributed by atoms with van der Waals surface area (Å²) in [7, 11) is -2.22. The van der Waals surface area contributed by atoms with Gasteiger partial charge in [0.2, 0.25) is 15.9 Å². The quantitative estimate of drug-likeness (QED) is 0.608. The number of carbonyl (C=O) groups excluding carboxylic acids is 1. The molecule has 0 saturated carbocycles. The summed E-state index contributed by atoms with van der Waals surface area (Å²) in [4.78, 5) is 16.4. The molecule has 1 heterocycles. The molecule has 152 valence electrons. The van der Waals surface area contributed by atoms with E-state index in [-0.39, 0.29) is 13.1 Å². The monoisotopic (exact) mass is 414 g/mol. The van der Waals surface area contributed by atoms with Gasteiger partial charge in [0.1, 0.15) is 12.3 Å². The van der Waals surface area contributed by atoms with Gasteiger partial charge in [0.05, 0.1) is 25.4 Å². The fourth-order valence-electron chi connectivity index (χ4n) is 2.80. The second-order valence-electron chi connectivity index (χ2n) is 6.35. The van der Waals surface area contributed by atoms with E-state index in [1.807, 2.05) is 35.0 Å². The number of anilines is 1. The number of nitrogens with one attached hydrogen (secondary N) is 1. The molecule has 9 heteroatoms. The Morgan fingerprint density at radius 3 is 2.52 bits per heavy atom. The van der Waals surface area contributed by atoms with Crippen molar-refractivity contribution in [3.05, 3.63) is 72.8 Å². The molecule has 8 nitrogen and oxygen atoms in total. The number of imidazole rings is 1. The first-order valence-corrected chi connectivity index (χ1v) is 10.7. The number of carbonyl (C=O) groups is 1. The fraction of sp³-hybridized carbons (Fsp3) is 0.200. The van der Waals surface area contributed by atoms with E-state index < -0.39 is 15.9 Å². The number of aromatic nitrogens is 2. The number of rotatable bonds is 8.